The Morgan fingerprint density at radius 1 is 1.25 bits per heavy atom. The van der Waals surface area contributed by atoms with Crippen molar-refractivity contribution >= 4 is 12.1 Å². The van der Waals surface area contributed by atoms with Crippen LogP contribution in [0.2, 0.25) is 0 Å². The highest BCUT2D eigenvalue weighted by atomic mass is 16.1. The Morgan fingerprint density at radius 2 is 1.94 bits per heavy atom. The summed E-state index contributed by atoms with van der Waals surface area (Å²) in [6.45, 7) is 2.01. The molecule has 2 heteroatoms. The number of hydrogen-bond acceptors (Lipinski definition) is 2. The van der Waals surface area contributed by atoms with E-state index in [1.807, 2.05) is 37.3 Å². The highest BCUT2D eigenvalue weighted by molar-refractivity contribution is 5.98. The molecule has 1 aliphatic carbocycles. The lowest BCUT2D eigenvalue weighted by Gasteiger charge is -2.16. The van der Waals surface area contributed by atoms with Crippen molar-refractivity contribution in [1.29, 1.82) is 0 Å². The first kappa shape index (κ1) is 11.1. The average molecular weight is 216 g/mol. The largest absolute Gasteiger partial charge is 0.303 e. The number of rotatable bonds is 3. The van der Waals surface area contributed by atoms with E-state index in [2.05, 4.69) is 0 Å². The summed E-state index contributed by atoms with van der Waals surface area (Å²) < 4.78 is 0. The standard InChI is InChI=1S/C14H16O2/c1-10-12(9-15)7-8-13(10)14(16)11-5-3-2-4-6-11/h2-6,9-10,12-13H,7-8H2,1H3/t10-,12+,13-/m1/s1. The van der Waals surface area contributed by atoms with Crippen LogP contribution < -0.4 is 0 Å². The molecule has 0 amide bonds. The molecule has 0 aromatic heterocycles. The molecule has 2 rings (SSSR count). The SMILES string of the molecule is C[C@@H]1[C@H](C=O)CC[C@H]1C(=O)c1ccccc1. The molecule has 1 saturated carbocycles. The Balaban J connectivity index is 2.15. The molecule has 1 aliphatic rings. The van der Waals surface area contributed by atoms with Crippen molar-refractivity contribution in [2.24, 2.45) is 17.8 Å². The summed E-state index contributed by atoms with van der Waals surface area (Å²) in [6, 6.07) is 9.36. The van der Waals surface area contributed by atoms with E-state index in [4.69, 9.17) is 0 Å². The number of aldehydes is 1. The second kappa shape index (κ2) is 4.60. The molecule has 3 atom stereocenters. The Kier molecular flexibility index (Phi) is 3.18. The van der Waals surface area contributed by atoms with Gasteiger partial charge in [-0.2, -0.15) is 0 Å². The average Bonchev–Trinajstić information content (AvgIpc) is 2.70. The summed E-state index contributed by atoms with van der Waals surface area (Å²) in [5.41, 5.74) is 0.769. The minimum absolute atomic E-state index is 0.0256. The van der Waals surface area contributed by atoms with Crippen molar-refractivity contribution < 1.29 is 9.59 Å². The highest BCUT2D eigenvalue weighted by Crippen LogP contribution is 2.37. The molecule has 0 heterocycles. The van der Waals surface area contributed by atoms with Gasteiger partial charge >= 0.3 is 0 Å². The molecular formula is C14H16O2. The molecule has 0 spiro atoms. The van der Waals surface area contributed by atoms with Crippen LogP contribution in [-0.4, -0.2) is 12.1 Å². The number of Topliss-reactive ketones (excluding diaryl/α,β-unsaturated/α-hetero) is 1. The zero-order valence-corrected chi connectivity index (χ0v) is 9.43. The van der Waals surface area contributed by atoms with Crippen molar-refractivity contribution in [1.82, 2.24) is 0 Å². The molecule has 0 unspecified atom stereocenters. The fourth-order valence-electron chi connectivity index (χ4n) is 2.57. The van der Waals surface area contributed by atoms with Gasteiger partial charge in [0.05, 0.1) is 0 Å². The zero-order chi connectivity index (χ0) is 11.5. The van der Waals surface area contributed by atoms with Crippen molar-refractivity contribution in [3.63, 3.8) is 0 Å². The lowest BCUT2D eigenvalue weighted by molar-refractivity contribution is -0.111. The van der Waals surface area contributed by atoms with Gasteiger partial charge in [0.25, 0.3) is 0 Å². The Morgan fingerprint density at radius 3 is 2.50 bits per heavy atom. The summed E-state index contributed by atoms with van der Waals surface area (Å²) >= 11 is 0. The number of carbonyl (C=O) groups excluding carboxylic acids is 2. The molecule has 0 saturated heterocycles. The second-order valence-corrected chi connectivity index (χ2v) is 4.57. The number of hydrogen-bond donors (Lipinski definition) is 0. The lowest BCUT2D eigenvalue weighted by Crippen LogP contribution is -2.20. The van der Waals surface area contributed by atoms with E-state index in [1.54, 1.807) is 0 Å². The van der Waals surface area contributed by atoms with Crippen molar-refractivity contribution in [2.75, 3.05) is 0 Å². The minimum Gasteiger partial charge on any atom is -0.303 e. The van der Waals surface area contributed by atoms with Crippen LogP contribution in [0.5, 0.6) is 0 Å². The summed E-state index contributed by atoms with van der Waals surface area (Å²) in [5, 5.41) is 0. The molecule has 0 radical (unpaired) electrons. The molecule has 0 N–H and O–H groups in total. The molecule has 0 bridgehead atoms. The number of benzene rings is 1. The van der Waals surface area contributed by atoms with Crippen LogP contribution in [-0.2, 0) is 4.79 Å². The van der Waals surface area contributed by atoms with Gasteiger partial charge < -0.3 is 4.79 Å². The van der Waals surface area contributed by atoms with E-state index in [-0.39, 0.29) is 23.5 Å². The summed E-state index contributed by atoms with van der Waals surface area (Å²) in [4.78, 5) is 23.0. The van der Waals surface area contributed by atoms with Gasteiger partial charge in [-0.25, -0.2) is 0 Å². The van der Waals surface area contributed by atoms with Gasteiger partial charge in [-0.15, -0.1) is 0 Å². The van der Waals surface area contributed by atoms with E-state index < -0.39 is 0 Å². The van der Waals surface area contributed by atoms with Crippen LogP contribution in [0.4, 0.5) is 0 Å². The molecule has 16 heavy (non-hydrogen) atoms. The van der Waals surface area contributed by atoms with Gasteiger partial charge in [0.1, 0.15) is 6.29 Å². The third-order valence-corrected chi connectivity index (χ3v) is 3.69. The third kappa shape index (κ3) is 1.92. The smallest absolute Gasteiger partial charge is 0.166 e. The van der Waals surface area contributed by atoms with Gasteiger partial charge in [0.15, 0.2) is 5.78 Å². The fraction of sp³-hybridized carbons (Fsp3) is 0.429. The van der Waals surface area contributed by atoms with Crippen LogP contribution in [0.3, 0.4) is 0 Å². The molecule has 2 nitrogen and oxygen atoms in total. The van der Waals surface area contributed by atoms with E-state index in [0.29, 0.717) is 0 Å². The maximum atomic E-state index is 12.2. The van der Waals surface area contributed by atoms with Crippen LogP contribution >= 0.6 is 0 Å². The first-order valence-electron chi connectivity index (χ1n) is 5.78. The van der Waals surface area contributed by atoms with Gasteiger partial charge in [0.2, 0.25) is 0 Å². The summed E-state index contributed by atoms with van der Waals surface area (Å²) in [5.74, 6) is 0.470. The summed E-state index contributed by atoms with van der Waals surface area (Å²) in [7, 11) is 0. The maximum Gasteiger partial charge on any atom is 0.166 e. The van der Waals surface area contributed by atoms with Crippen molar-refractivity contribution in [2.45, 2.75) is 19.8 Å². The topological polar surface area (TPSA) is 34.1 Å². The first-order valence-corrected chi connectivity index (χ1v) is 5.78. The predicted molar refractivity (Wildman–Crippen MR) is 62.2 cm³/mol. The van der Waals surface area contributed by atoms with E-state index in [1.165, 1.54) is 0 Å². The fourth-order valence-corrected chi connectivity index (χ4v) is 2.57. The van der Waals surface area contributed by atoms with Crippen LogP contribution in [0.25, 0.3) is 0 Å². The van der Waals surface area contributed by atoms with Crippen LogP contribution in [0.15, 0.2) is 30.3 Å². The molecule has 1 aromatic rings. The molecule has 1 aromatic carbocycles. The minimum atomic E-state index is 0.0256. The molecular weight excluding hydrogens is 200 g/mol. The first-order chi connectivity index (χ1) is 7.74. The highest BCUT2D eigenvalue weighted by Gasteiger charge is 2.37. The van der Waals surface area contributed by atoms with Crippen LogP contribution in [0.1, 0.15) is 30.1 Å². The van der Waals surface area contributed by atoms with E-state index in [9.17, 15) is 9.59 Å². The van der Waals surface area contributed by atoms with E-state index in [0.717, 1.165) is 24.7 Å². The maximum absolute atomic E-state index is 12.2. The van der Waals surface area contributed by atoms with Crippen molar-refractivity contribution in [3.8, 4) is 0 Å². The lowest BCUT2D eigenvalue weighted by atomic mass is 9.86. The number of ketones is 1. The van der Waals surface area contributed by atoms with Gasteiger partial charge in [-0.1, -0.05) is 37.3 Å². The van der Waals surface area contributed by atoms with Gasteiger partial charge in [0, 0.05) is 17.4 Å². The predicted octanol–water partition coefficient (Wildman–Crippen LogP) is 2.73. The summed E-state index contributed by atoms with van der Waals surface area (Å²) in [6.07, 6.45) is 2.70. The Bertz CT molecular complexity index is 383. The van der Waals surface area contributed by atoms with Gasteiger partial charge in [-0.05, 0) is 18.8 Å². The monoisotopic (exact) mass is 216 g/mol. The molecule has 0 aliphatic heterocycles. The number of carbonyl (C=O) groups is 2. The molecule has 1 fully saturated rings. The third-order valence-electron chi connectivity index (χ3n) is 3.69. The van der Waals surface area contributed by atoms with Crippen LogP contribution in [0, 0.1) is 17.8 Å². The Hall–Kier alpha value is -1.44. The Labute approximate surface area is 95.7 Å². The normalized spacial score (nSPS) is 28.9. The van der Waals surface area contributed by atoms with E-state index >= 15 is 0 Å². The quantitative estimate of drug-likeness (QED) is 0.575. The van der Waals surface area contributed by atoms with Gasteiger partial charge in [-0.3, -0.25) is 4.79 Å². The molecule has 84 valence electrons. The van der Waals surface area contributed by atoms with Crippen molar-refractivity contribution in [3.05, 3.63) is 35.9 Å². The zero-order valence-electron chi connectivity index (χ0n) is 9.43. The second-order valence-electron chi connectivity index (χ2n) is 4.57.